The van der Waals surface area contributed by atoms with Gasteiger partial charge < -0.3 is 5.73 Å². The highest BCUT2D eigenvalue weighted by molar-refractivity contribution is 5.26. The Morgan fingerprint density at radius 2 is 1.62 bits per heavy atom. The minimum absolute atomic E-state index is 0.305. The third kappa shape index (κ3) is 2.91. The van der Waals surface area contributed by atoms with Crippen LogP contribution in [0.25, 0.3) is 0 Å². The number of nitrogens with two attached hydrogens (primary N) is 1. The van der Waals surface area contributed by atoms with E-state index in [1.165, 1.54) is 6.92 Å². The van der Waals surface area contributed by atoms with Gasteiger partial charge in [-0.05, 0) is 24.6 Å². The summed E-state index contributed by atoms with van der Waals surface area (Å²) >= 11 is 0. The van der Waals surface area contributed by atoms with E-state index in [2.05, 4.69) is 0 Å². The van der Waals surface area contributed by atoms with Crippen LogP contribution in [-0.2, 0) is 6.42 Å². The lowest BCUT2D eigenvalue weighted by atomic mass is 10.0. The minimum atomic E-state index is -4.66. The van der Waals surface area contributed by atoms with E-state index in [-0.39, 0.29) is 0 Å². The number of rotatable bonds is 2. The zero-order valence-electron chi connectivity index (χ0n) is 8.41. The first-order chi connectivity index (χ1) is 7.21. The smallest absolute Gasteiger partial charge is 0.320 e. The van der Waals surface area contributed by atoms with Crippen LogP contribution < -0.4 is 5.73 Å². The molecule has 0 heterocycles. The van der Waals surface area contributed by atoms with E-state index in [0.29, 0.717) is 5.56 Å². The van der Waals surface area contributed by atoms with Gasteiger partial charge in [0, 0.05) is 12.0 Å². The zero-order valence-corrected chi connectivity index (χ0v) is 8.41. The average Bonchev–Trinajstić information content (AvgIpc) is 2.08. The van der Waals surface area contributed by atoms with Crippen molar-refractivity contribution in [3.63, 3.8) is 0 Å². The molecule has 0 amide bonds. The molecule has 1 aromatic carbocycles. The molecule has 2 N–H and O–H groups in total. The van der Waals surface area contributed by atoms with Crippen LogP contribution in [0.3, 0.4) is 0 Å². The van der Waals surface area contributed by atoms with Crippen molar-refractivity contribution in [2.75, 3.05) is 0 Å². The maximum Gasteiger partial charge on any atom is 0.403 e. The fourth-order valence-electron chi connectivity index (χ4n) is 1.26. The molecule has 0 aliphatic carbocycles. The highest BCUT2D eigenvalue weighted by Gasteiger charge is 2.37. The van der Waals surface area contributed by atoms with Gasteiger partial charge in [-0.2, -0.15) is 13.2 Å². The summed E-state index contributed by atoms with van der Waals surface area (Å²) in [7, 11) is 0. The molecular formula is C10H10F5N. The highest BCUT2D eigenvalue weighted by atomic mass is 19.4. The molecule has 0 saturated carbocycles. The number of benzene rings is 1. The summed E-state index contributed by atoms with van der Waals surface area (Å²) < 4.78 is 62.7. The van der Waals surface area contributed by atoms with E-state index in [0.717, 1.165) is 12.1 Å². The number of hydrogen-bond acceptors (Lipinski definition) is 1. The number of halogens is 5. The molecule has 1 atom stereocenters. The molecule has 0 bridgehead atoms. The Balaban J connectivity index is 2.98. The SMILES string of the molecule is Cc1cc(F)c(CC(N)C(F)(F)F)c(F)c1. The largest absolute Gasteiger partial charge is 0.403 e. The second-order valence-electron chi connectivity index (χ2n) is 3.56. The second-order valence-corrected chi connectivity index (χ2v) is 3.56. The van der Waals surface area contributed by atoms with Crippen molar-refractivity contribution in [1.82, 2.24) is 0 Å². The number of aryl methyl sites for hydroxylation is 1. The summed E-state index contributed by atoms with van der Waals surface area (Å²) in [5.41, 5.74) is 4.48. The predicted molar refractivity (Wildman–Crippen MR) is 48.8 cm³/mol. The highest BCUT2D eigenvalue weighted by Crippen LogP contribution is 2.24. The van der Waals surface area contributed by atoms with Gasteiger partial charge in [-0.15, -0.1) is 0 Å². The van der Waals surface area contributed by atoms with Gasteiger partial charge in [0.2, 0.25) is 0 Å². The molecular weight excluding hydrogens is 229 g/mol. The second kappa shape index (κ2) is 4.37. The van der Waals surface area contributed by atoms with Gasteiger partial charge in [0.25, 0.3) is 0 Å². The van der Waals surface area contributed by atoms with Crippen molar-refractivity contribution in [3.8, 4) is 0 Å². The lowest BCUT2D eigenvalue weighted by Gasteiger charge is -2.16. The molecule has 16 heavy (non-hydrogen) atoms. The average molecular weight is 239 g/mol. The van der Waals surface area contributed by atoms with Gasteiger partial charge in [-0.25, -0.2) is 8.78 Å². The van der Waals surface area contributed by atoms with Gasteiger partial charge >= 0.3 is 6.18 Å². The van der Waals surface area contributed by atoms with Gasteiger partial charge in [-0.3, -0.25) is 0 Å². The molecule has 6 heteroatoms. The van der Waals surface area contributed by atoms with Crippen molar-refractivity contribution in [1.29, 1.82) is 0 Å². The molecule has 1 nitrogen and oxygen atoms in total. The Morgan fingerprint density at radius 3 is 2.00 bits per heavy atom. The first-order valence-electron chi connectivity index (χ1n) is 4.48. The summed E-state index contributed by atoms with van der Waals surface area (Å²) in [6.07, 6.45) is -5.56. The molecule has 1 unspecified atom stereocenters. The quantitative estimate of drug-likeness (QED) is 0.789. The van der Waals surface area contributed by atoms with Crippen LogP contribution in [0.4, 0.5) is 22.0 Å². The van der Waals surface area contributed by atoms with Gasteiger partial charge in [0.15, 0.2) is 0 Å². The normalized spacial score (nSPS) is 13.9. The summed E-state index contributed by atoms with van der Waals surface area (Å²) in [5, 5.41) is 0. The molecule has 0 aliphatic rings. The molecule has 0 aromatic heterocycles. The van der Waals surface area contributed by atoms with E-state index in [9.17, 15) is 22.0 Å². The minimum Gasteiger partial charge on any atom is -0.320 e. The predicted octanol–water partition coefficient (Wildman–Crippen LogP) is 2.71. The van der Waals surface area contributed by atoms with Crippen LogP contribution in [0.2, 0.25) is 0 Å². The standard InChI is InChI=1S/C10H10F5N/c1-5-2-7(11)6(8(12)3-5)4-9(16)10(13,14)15/h2-3,9H,4,16H2,1H3. The van der Waals surface area contributed by atoms with Crippen LogP contribution in [0.5, 0.6) is 0 Å². The number of alkyl halides is 3. The first kappa shape index (κ1) is 12.9. The third-order valence-electron chi connectivity index (χ3n) is 2.13. The van der Waals surface area contributed by atoms with Crippen LogP contribution in [0.1, 0.15) is 11.1 Å². The van der Waals surface area contributed by atoms with Crippen molar-refractivity contribution >= 4 is 0 Å². The maximum absolute atomic E-state index is 13.2. The van der Waals surface area contributed by atoms with E-state index in [1.54, 1.807) is 0 Å². The maximum atomic E-state index is 13.2. The van der Waals surface area contributed by atoms with Crippen molar-refractivity contribution < 1.29 is 22.0 Å². The molecule has 0 radical (unpaired) electrons. The summed E-state index contributed by atoms with van der Waals surface area (Å²) in [6.45, 7) is 1.44. The zero-order chi connectivity index (χ0) is 12.5. The lowest BCUT2D eigenvalue weighted by Crippen LogP contribution is -2.39. The van der Waals surface area contributed by atoms with Gasteiger partial charge in [-0.1, -0.05) is 0 Å². The van der Waals surface area contributed by atoms with E-state index >= 15 is 0 Å². The molecule has 0 saturated heterocycles. The fraction of sp³-hybridized carbons (Fsp3) is 0.400. The number of hydrogen-bond donors (Lipinski definition) is 1. The van der Waals surface area contributed by atoms with Gasteiger partial charge in [0.05, 0.1) is 0 Å². The van der Waals surface area contributed by atoms with Crippen molar-refractivity contribution in [2.45, 2.75) is 25.6 Å². The topological polar surface area (TPSA) is 26.0 Å². The molecule has 1 rings (SSSR count). The Kier molecular flexibility index (Phi) is 3.52. The van der Waals surface area contributed by atoms with Crippen LogP contribution in [0, 0.1) is 18.6 Å². The Hall–Kier alpha value is -1.17. The van der Waals surface area contributed by atoms with E-state index in [4.69, 9.17) is 5.73 Å². The lowest BCUT2D eigenvalue weighted by molar-refractivity contribution is -0.147. The van der Waals surface area contributed by atoms with E-state index in [1.807, 2.05) is 0 Å². The van der Waals surface area contributed by atoms with Crippen molar-refractivity contribution in [2.24, 2.45) is 5.73 Å². The molecule has 0 fully saturated rings. The summed E-state index contributed by atoms with van der Waals surface area (Å²) in [6, 6.07) is -0.317. The third-order valence-corrected chi connectivity index (χ3v) is 2.13. The molecule has 0 aliphatic heterocycles. The summed E-state index contributed by atoms with van der Waals surface area (Å²) in [5.74, 6) is -2.01. The molecule has 90 valence electrons. The van der Waals surface area contributed by atoms with Crippen LogP contribution in [-0.4, -0.2) is 12.2 Å². The Morgan fingerprint density at radius 1 is 1.19 bits per heavy atom. The molecule has 1 aromatic rings. The van der Waals surface area contributed by atoms with Gasteiger partial charge in [0.1, 0.15) is 17.7 Å². The monoisotopic (exact) mass is 239 g/mol. The van der Waals surface area contributed by atoms with E-state index < -0.39 is 35.8 Å². The van der Waals surface area contributed by atoms with Crippen LogP contribution >= 0.6 is 0 Å². The Labute approximate surface area is 89.1 Å². The Bertz CT molecular complexity index is 362. The molecule has 0 spiro atoms. The summed E-state index contributed by atoms with van der Waals surface area (Å²) in [4.78, 5) is 0. The van der Waals surface area contributed by atoms with Crippen molar-refractivity contribution in [3.05, 3.63) is 34.9 Å². The first-order valence-corrected chi connectivity index (χ1v) is 4.48. The van der Waals surface area contributed by atoms with Crippen LogP contribution in [0.15, 0.2) is 12.1 Å². The fourth-order valence-corrected chi connectivity index (χ4v) is 1.26.